The van der Waals surface area contributed by atoms with Gasteiger partial charge in [-0.05, 0) is 43.7 Å². The summed E-state index contributed by atoms with van der Waals surface area (Å²) >= 11 is 5.60. The third-order valence-corrected chi connectivity index (χ3v) is 3.44. The second-order valence-electron chi connectivity index (χ2n) is 5.07. The average molecular weight is 336 g/mol. The van der Waals surface area contributed by atoms with Crippen LogP contribution in [-0.4, -0.2) is 18.5 Å². The topological polar surface area (TPSA) is 55.4 Å². The average Bonchev–Trinajstić information content (AvgIpc) is 2.50. The summed E-state index contributed by atoms with van der Waals surface area (Å²) in [6.07, 6.45) is 0. The summed E-state index contributed by atoms with van der Waals surface area (Å²) in [6, 6.07) is 9.04. The number of hydrogen-bond acceptors (Lipinski definition) is 3. The standard InChI is InChI=1S/C17H15ClFNO3/c1-10-3-6-15(11(2)7-10)20-16(21)9-23-17(22)12-4-5-14(19)13(18)8-12/h3-8H,9H2,1-2H3,(H,20,21). The van der Waals surface area contributed by atoms with Crippen LogP contribution in [0, 0.1) is 19.7 Å². The first kappa shape index (κ1) is 17.0. The lowest BCUT2D eigenvalue weighted by molar-refractivity contribution is -0.119. The van der Waals surface area contributed by atoms with Crippen LogP contribution in [0.25, 0.3) is 0 Å². The van der Waals surface area contributed by atoms with Crippen LogP contribution >= 0.6 is 11.6 Å². The van der Waals surface area contributed by atoms with Crippen molar-refractivity contribution in [2.75, 3.05) is 11.9 Å². The van der Waals surface area contributed by atoms with Gasteiger partial charge in [0.15, 0.2) is 6.61 Å². The minimum absolute atomic E-state index is 0.0794. The number of carbonyl (C=O) groups excluding carboxylic acids is 2. The number of hydrogen-bond donors (Lipinski definition) is 1. The molecule has 0 saturated heterocycles. The molecule has 0 saturated carbocycles. The van der Waals surface area contributed by atoms with Gasteiger partial charge in [0.2, 0.25) is 0 Å². The van der Waals surface area contributed by atoms with E-state index in [1.807, 2.05) is 26.0 Å². The Morgan fingerprint density at radius 3 is 2.57 bits per heavy atom. The molecule has 1 N–H and O–H groups in total. The van der Waals surface area contributed by atoms with Gasteiger partial charge in [0.1, 0.15) is 5.82 Å². The highest BCUT2D eigenvalue weighted by Gasteiger charge is 2.13. The van der Waals surface area contributed by atoms with Crippen LogP contribution in [0.5, 0.6) is 0 Å². The molecule has 0 aliphatic carbocycles. The Bertz CT molecular complexity index is 761. The summed E-state index contributed by atoms with van der Waals surface area (Å²) in [6.45, 7) is 3.38. The van der Waals surface area contributed by atoms with Gasteiger partial charge in [0.25, 0.3) is 5.91 Å². The molecule has 0 aliphatic rings. The van der Waals surface area contributed by atoms with Crippen molar-refractivity contribution < 1.29 is 18.7 Å². The van der Waals surface area contributed by atoms with E-state index < -0.39 is 24.3 Å². The van der Waals surface area contributed by atoms with Gasteiger partial charge in [-0.3, -0.25) is 4.79 Å². The Kier molecular flexibility index (Phi) is 5.34. The van der Waals surface area contributed by atoms with Gasteiger partial charge < -0.3 is 10.1 Å². The molecular weight excluding hydrogens is 321 g/mol. The summed E-state index contributed by atoms with van der Waals surface area (Å²) < 4.78 is 17.9. The maximum Gasteiger partial charge on any atom is 0.338 e. The van der Waals surface area contributed by atoms with E-state index in [2.05, 4.69) is 5.32 Å². The predicted octanol–water partition coefficient (Wildman–Crippen LogP) is 3.89. The normalized spacial score (nSPS) is 10.3. The fraction of sp³-hybridized carbons (Fsp3) is 0.176. The van der Waals surface area contributed by atoms with E-state index >= 15 is 0 Å². The number of ether oxygens (including phenoxy) is 1. The molecule has 0 unspecified atom stereocenters. The minimum Gasteiger partial charge on any atom is -0.452 e. The van der Waals surface area contributed by atoms with Gasteiger partial charge in [-0.15, -0.1) is 0 Å². The van der Waals surface area contributed by atoms with Crippen LogP contribution in [-0.2, 0) is 9.53 Å². The number of rotatable bonds is 4. The van der Waals surface area contributed by atoms with Crippen molar-refractivity contribution in [3.63, 3.8) is 0 Å². The summed E-state index contributed by atoms with van der Waals surface area (Å²) in [7, 11) is 0. The Morgan fingerprint density at radius 2 is 1.91 bits per heavy atom. The number of esters is 1. The fourth-order valence-electron chi connectivity index (χ4n) is 1.98. The third kappa shape index (κ3) is 4.53. The van der Waals surface area contributed by atoms with Crippen LogP contribution in [0.4, 0.5) is 10.1 Å². The van der Waals surface area contributed by atoms with Crippen LogP contribution in [0.15, 0.2) is 36.4 Å². The van der Waals surface area contributed by atoms with Gasteiger partial charge in [0.05, 0.1) is 10.6 Å². The van der Waals surface area contributed by atoms with Crippen molar-refractivity contribution in [3.8, 4) is 0 Å². The number of carbonyl (C=O) groups is 2. The molecule has 0 bridgehead atoms. The number of benzene rings is 2. The molecule has 0 atom stereocenters. The van der Waals surface area contributed by atoms with Crippen molar-refractivity contribution in [2.24, 2.45) is 0 Å². The van der Waals surface area contributed by atoms with E-state index in [9.17, 15) is 14.0 Å². The lowest BCUT2D eigenvalue weighted by Crippen LogP contribution is -2.21. The number of amides is 1. The maximum absolute atomic E-state index is 13.0. The van der Waals surface area contributed by atoms with E-state index in [0.29, 0.717) is 5.69 Å². The van der Waals surface area contributed by atoms with Crippen molar-refractivity contribution >= 4 is 29.2 Å². The number of halogens is 2. The minimum atomic E-state index is -0.748. The first-order chi connectivity index (χ1) is 10.9. The summed E-state index contributed by atoms with van der Waals surface area (Å²) in [4.78, 5) is 23.6. The second-order valence-corrected chi connectivity index (χ2v) is 5.48. The highest BCUT2D eigenvalue weighted by atomic mass is 35.5. The zero-order chi connectivity index (χ0) is 17.0. The maximum atomic E-state index is 13.0. The Hall–Kier alpha value is -2.40. The van der Waals surface area contributed by atoms with Crippen LogP contribution in [0.2, 0.25) is 5.02 Å². The van der Waals surface area contributed by atoms with Gasteiger partial charge in [0, 0.05) is 5.69 Å². The van der Waals surface area contributed by atoms with Gasteiger partial charge in [-0.25, -0.2) is 9.18 Å². The SMILES string of the molecule is Cc1ccc(NC(=O)COC(=O)c2ccc(F)c(Cl)c2)c(C)c1. The molecule has 1 amide bonds. The van der Waals surface area contributed by atoms with E-state index in [1.165, 1.54) is 6.07 Å². The van der Waals surface area contributed by atoms with Crippen molar-refractivity contribution in [1.82, 2.24) is 0 Å². The molecule has 0 aromatic heterocycles. The Labute approximate surface area is 138 Å². The Balaban J connectivity index is 1.93. The van der Waals surface area contributed by atoms with Crippen molar-refractivity contribution in [3.05, 3.63) is 63.9 Å². The smallest absolute Gasteiger partial charge is 0.338 e. The third-order valence-electron chi connectivity index (χ3n) is 3.15. The van der Waals surface area contributed by atoms with E-state index in [-0.39, 0.29) is 10.6 Å². The molecule has 0 heterocycles. The highest BCUT2D eigenvalue weighted by Crippen LogP contribution is 2.17. The molecule has 0 radical (unpaired) electrons. The van der Waals surface area contributed by atoms with Crippen LogP contribution < -0.4 is 5.32 Å². The molecule has 23 heavy (non-hydrogen) atoms. The molecule has 2 aromatic rings. The largest absolute Gasteiger partial charge is 0.452 e. The molecule has 0 aliphatic heterocycles. The fourth-order valence-corrected chi connectivity index (χ4v) is 2.16. The van der Waals surface area contributed by atoms with Gasteiger partial charge >= 0.3 is 5.97 Å². The van der Waals surface area contributed by atoms with Gasteiger partial charge in [-0.2, -0.15) is 0 Å². The van der Waals surface area contributed by atoms with Gasteiger partial charge in [-0.1, -0.05) is 29.3 Å². The van der Waals surface area contributed by atoms with Crippen molar-refractivity contribution in [1.29, 1.82) is 0 Å². The van der Waals surface area contributed by atoms with Crippen molar-refractivity contribution in [2.45, 2.75) is 13.8 Å². The summed E-state index contributed by atoms with van der Waals surface area (Å²) in [5, 5.41) is 2.48. The zero-order valence-electron chi connectivity index (χ0n) is 12.7. The zero-order valence-corrected chi connectivity index (χ0v) is 13.4. The summed E-state index contributed by atoms with van der Waals surface area (Å²) in [5.41, 5.74) is 2.73. The number of anilines is 1. The van der Waals surface area contributed by atoms with E-state index in [0.717, 1.165) is 23.3 Å². The molecule has 0 fully saturated rings. The quantitative estimate of drug-likeness (QED) is 0.862. The Morgan fingerprint density at radius 1 is 1.17 bits per heavy atom. The molecule has 2 rings (SSSR count). The second kappa shape index (κ2) is 7.24. The molecule has 120 valence electrons. The lowest BCUT2D eigenvalue weighted by atomic mass is 10.1. The highest BCUT2D eigenvalue weighted by molar-refractivity contribution is 6.31. The summed E-state index contributed by atoms with van der Waals surface area (Å²) in [5.74, 6) is -1.84. The monoisotopic (exact) mass is 335 g/mol. The number of nitrogens with one attached hydrogen (secondary N) is 1. The predicted molar refractivity (Wildman–Crippen MR) is 86.2 cm³/mol. The molecule has 0 spiro atoms. The number of aryl methyl sites for hydroxylation is 2. The first-order valence-corrected chi connectivity index (χ1v) is 7.24. The van der Waals surface area contributed by atoms with E-state index in [4.69, 9.17) is 16.3 Å². The van der Waals surface area contributed by atoms with Crippen LogP contribution in [0.1, 0.15) is 21.5 Å². The van der Waals surface area contributed by atoms with Crippen LogP contribution in [0.3, 0.4) is 0 Å². The molecule has 2 aromatic carbocycles. The molecule has 6 heteroatoms. The first-order valence-electron chi connectivity index (χ1n) is 6.86. The molecule has 4 nitrogen and oxygen atoms in total. The molecular formula is C17H15ClFNO3. The lowest BCUT2D eigenvalue weighted by Gasteiger charge is -2.09. The van der Waals surface area contributed by atoms with E-state index in [1.54, 1.807) is 6.07 Å².